The van der Waals surface area contributed by atoms with Crippen LogP contribution in [0.5, 0.6) is 0 Å². The van der Waals surface area contributed by atoms with Crippen LogP contribution in [0.3, 0.4) is 0 Å². The molecule has 0 fully saturated rings. The normalized spacial score (nSPS) is 24.9. The molecule has 78 valence electrons. The molecule has 0 N–H and O–H groups in total. The summed E-state index contributed by atoms with van der Waals surface area (Å²) in [4.78, 5) is 16.1. The number of rotatable bonds is 2. The third-order valence-electron chi connectivity index (χ3n) is 2.59. The van der Waals surface area contributed by atoms with E-state index in [0.29, 0.717) is 12.3 Å². The van der Waals surface area contributed by atoms with Gasteiger partial charge in [0.15, 0.2) is 11.4 Å². The van der Waals surface area contributed by atoms with Gasteiger partial charge in [0.2, 0.25) is 0 Å². The van der Waals surface area contributed by atoms with Crippen LogP contribution in [0.25, 0.3) is 0 Å². The molecule has 3 nitrogen and oxygen atoms in total. The van der Waals surface area contributed by atoms with E-state index in [1.807, 2.05) is 37.3 Å². The predicted molar refractivity (Wildman–Crippen MR) is 57.6 cm³/mol. The van der Waals surface area contributed by atoms with E-state index < -0.39 is 5.54 Å². The molecule has 0 aromatic heterocycles. The summed E-state index contributed by atoms with van der Waals surface area (Å²) < 4.78 is 5.09. The third kappa shape index (κ3) is 1.54. The Hall–Kier alpha value is -1.64. The Morgan fingerprint density at radius 2 is 2.00 bits per heavy atom. The Morgan fingerprint density at radius 1 is 1.33 bits per heavy atom. The van der Waals surface area contributed by atoms with Gasteiger partial charge in [-0.3, -0.25) is 0 Å². The van der Waals surface area contributed by atoms with Crippen LogP contribution in [-0.4, -0.2) is 11.9 Å². The molecule has 3 heteroatoms. The zero-order chi connectivity index (χ0) is 10.9. The highest BCUT2D eigenvalue weighted by atomic mass is 16.6. The van der Waals surface area contributed by atoms with E-state index in [1.165, 1.54) is 0 Å². The van der Waals surface area contributed by atoms with Crippen LogP contribution in [0.15, 0.2) is 35.3 Å². The summed E-state index contributed by atoms with van der Waals surface area (Å²) in [6, 6.07) is 9.49. The number of carbonyl (C=O) groups is 1. The van der Waals surface area contributed by atoms with Crippen molar-refractivity contribution >= 4 is 11.9 Å². The number of cyclic esters (lactones) is 1. The minimum atomic E-state index is -0.855. The summed E-state index contributed by atoms with van der Waals surface area (Å²) in [5.41, 5.74) is 0.0190. The van der Waals surface area contributed by atoms with Gasteiger partial charge in [0.05, 0.1) is 0 Å². The fourth-order valence-electron chi connectivity index (χ4n) is 1.62. The molecule has 1 aromatic carbocycles. The Morgan fingerprint density at radius 3 is 2.53 bits per heavy atom. The van der Waals surface area contributed by atoms with E-state index in [-0.39, 0.29) is 5.97 Å². The van der Waals surface area contributed by atoms with E-state index in [1.54, 1.807) is 6.92 Å². The molecule has 2 rings (SSSR count). The molecule has 1 atom stereocenters. The standard InChI is InChI=1S/C12H13NO2/c1-3-10-13-12(2,11(14)15-10)9-7-5-4-6-8-9/h4-8H,3H2,1-2H3. The van der Waals surface area contributed by atoms with Crippen molar-refractivity contribution in [2.45, 2.75) is 25.8 Å². The van der Waals surface area contributed by atoms with Gasteiger partial charge in [-0.1, -0.05) is 37.3 Å². The van der Waals surface area contributed by atoms with Gasteiger partial charge in [0.1, 0.15) is 0 Å². The highest BCUT2D eigenvalue weighted by Crippen LogP contribution is 2.31. The van der Waals surface area contributed by atoms with E-state index in [9.17, 15) is 4.79 Å². The summed E-state index contributed by atoms with van der Waals surface area (Å²) in [6.07, 6.45) is 0.647. The lowest BCUT2D eigenvalue weighted by Gasteiger charge is -2.15. The lowest BCUT2D eigenvalue weighted by molar-refractivity contribution is -0.138. The molecule has 0 aliphatic carbocycles. The SMILES string of the molecule is CCC1=NC(C)(c2ccccc2)C(=O)O1. The zero-order valence-electron chi connectivity index (χ0n) is 8.86. The number of benzene rings is 1. The maximum absolute atomic E-state index is 11.7. The van der Waals surface area contributed by atoms with E-state index >= 15 is 0 Å². The summed E-state index contributed by atoms with van der Waals surface area (Å²) in [6.45, 7) is 3.70. The summed E-state index contributed by atoms with van der Waals surface area (Å²) >= 11 is 0. The number of hydrogen-bond acceptors (Lipinski definition) is 3. The summed E-state index contributed by atoms with van der Waals surface area (Å²) in [5.74, 6) is 0.233. The molecular formula is C12H13NO2. The second-order valence-corrected chi connectivity index (χ2v) is 3.69. The molecular weight excluding hydrogens is 190 g/mol. The van der Waals surface area contributed by atoms with E-state index in [2.05, 4.69) is 4.99 Å². The smallest absolute Gasteiger partial charge is 0.344 e. The molecule has 15 heavy (non-hydrogen) atoms. The van der Waals surface area contributed by atoms with Crippen molar-refractivity contribution in [3.05, 3.63) is 35.9 Å². The van der Waals surface area contributed by atoms with Crippen molar-refractivity contribution in [2.75, 3.05) is 0 Å². The zero-order valence-corrected chi connectivity index (χ0v) is 8.86. The van der Waals surface area contributed by atoms with Gasteiger partial charge in [-0.15, -0.1) is 0 Å². The highest BCUT2D eigenvalue weighted by molar-refractivity contribution is 6.00. The average Bonchev–Trinajstić information content (AvgIpc) is 2.57. The van der Waals surface area contributed by atoms with Gasteiger partial charge in [0.25, 0.3) is 0 Å². The summed E-state index contributed by atoms with van der Waals surface area (Å²) in [7, 11) is 0. The first-order chi connectivity index (χ1) is 7.16. The van der Waals surface area contributed by atoms with Crippen molar-refractivity contribution < 1.29 is 9.53 Å². The lowest BCUT2D eigenvalue weighted by Crippen LogP contribution is -2.26. The van der Waals surface area contributed by atoms with Gasteiger partial charge >= 0.3 is 5.97 Å². The minimum Gasteiger partial charge on any atom is -0.410 e. The Kier molecular flexibility index (Phi) is 2.31. The van der Waals surface area contributed by atoms with Crippen LogP contribution >= 0.6 is 0 Å². The van der Waals surface area contributed by atoms with Crippen LogP contribution in [-0.2, 0) is 15.1 Å². The van der Waals surface area contributed by atoms with E-state index in [0.717, 1.165) is 5.56 Å². The minimum absolute atomic E-state index is 0.287. The van der Waals surface area contributed by atoms with Crippen molar-refractivity contribution in [3.8, 4) is 0 Å². The number of aliphatic imine (C=N–C) groups is 1. The van der Waals surface area contributed by atoms with Gasteiger partial charge in [-0.25, -0.2) is 9.79 Å². The fourth-order valence-corrected chi connectivity index (χ4v) is 1.62. The number of ether oxygens (including phenoxy) is 1. The Labute approximate surface area is 88.8 Å². The molecule has 0 bridgehead atoms. The number of hydrogen-bond donors (Lipinski definition) is 0. The molecule has 0 saturated heterocycles. The number of carbonyl (C=O) groups excluding carboxylic acids is 1. The first-order valence-electron chi connectivity index (χ1n) is 5.03. The van der Waals surface area contributed by atoms with Crippen LogP contribution in [0.1, 0.15) is 25.8 Å². The molecule has 1 unspecified atom stereocenters. The molecule has 0 amide bonds. The molecule has 1 aliphatic heterocycles. The third-order valence-corrected chi connectivity index (χ3v) is 2.59. The topological polar surface area (TPSA) is 38.7 Å². The van der Waals surface area contributed by atoms with Gasteiger partial charge in [-0.05, 0) is 12.5 Å². The highest BCUT2D eigenvalue weighted by Gasteiger charge is 2.42. The largest absolute Gasteiger partial charge is 0.410 e. The maximum atomic E-state index is 11.7. The molecule has 1 aromatic rings. The fraction of sp³-hybridized carbons (Fsp3) is 0.333. The Bertz CT molecular complexity index is 411. The quantitative estimate of drug-likeness (QED) is 0.691. The van der Waals surface area contributed by atoms with Crippen LogP contribution < -0.4 is 0 Å². The second kappa shape index (κ2) is 3.50. The Balaban J connectivity index is 2.43. The van der Waals surface area contributed by atoms with Crippen LogP contribution in [0, 0.1) is 0 Å². The molecule has 0 spiro atoms. The maximum Gasteiger partial charge on any atom is 0.344 e. The number of esters is 1. The number of nitrogens with zero attached hydrogens (tertiary/aromatic N) is 1. The van der Waals surface area contributed by atoms with Crippen molar-refractivity contribution in [2.24, 2.45) is 4.99 Å². The molecule has 1 aliphatic rings. The van der Waals surface area contributed by atoms with Gasteiger partial charge < -0.3 is 4.74 Å². The summed E-state index contributed by atoms with van der Waals surface area (Å²) in [5, 5.41) is 0. The van der Waals surface area contributed by atoms with Crippen molar-refractivity contribution in [1.82, 2.24) is 0 Å². The van der Waals surface area contributed by atoms with Gasteiger partial charge in [-0.2, -0.15) is 0 Å². The second-order valence-electron chi connectivity index (χ2n) is 3.69. The molecule has 1 heterocycles. The average molecular weight is 203 g/mol. The van der Waals surface area contributed by atoms with Crippen molar-refractivity contribution in [3.63, 3.8) is 0 Å². The monoisotopic (exact) mass is 203 g/mol. The van der Waals surface area contributed by atoms with Crippen LogP contribution in [0.2, 0.25) is 0 Å². The predicted octanol–water partition coefficient (Wildman–Crippen LogP) is 2.27. The van der Waals surface area contributed by atoms with E-state index in [4.69, 9.17) is 4.74 Å². The van der Waals surface area contributed by atoms with Crippen molar-refractivity contribution in [1.29, 1.82) is 0 Å². The van der Waals surface area contributed by atoms with Gasteiger partial charge in [0, 0.05) is 6.42 Å². The first kappa shape index (κ1) is 9.90. The molecule has 0 saturated carbocycles. The first-order valence-corrected chi connectivity index (χ1v) is 5.03. The van der Waals surface area contributed by atoms with Crippen LogP contribution in [0.4, 0.5) is 0 Å². The molecule has 0 radical (unpaired) electrons. The lowest BCUT2D eigenvalue weighted by atomic mass is 9.93.